The van der Waals surface area contributed by atoms with Crippen molar-refractivity contribution in [2.45, 2.75) is 17.5 Å². The van der Waals surface area contributed by atoms with E-state index >= 15 is 0 Å². The lowest BCUT2D eigenvalue weighted by atomic mass is 10.3. The third kappa shape index (κ3) is 3.54. The standard InChI is InChI=1S/C7H13NS2/c9-7-8-5-3-1-2-4-6-10-7/h2,4,7-9H,1,3,5-6H2/b4-2-. The summed E-state index contributed by atoms with van der Waals surface area (Å²) < 4.78 is 0.322. The molecule has 0 aromatic carbocycles. The van der Waals surface area contributed by atoms with Gasteiger partial charge in [0.15, 0.2) is 0 Å². The van der Waals surface area contributed by atoms with Gasteiger partial charge in [-0.05, 0) is 19.4 Å². The van der Waals surface area contributed by atoms with Crippen LogP contribution in [0.5, 0.6) is 0 Å². The van der Waals surface area contributed by atoms with Gasteiger partial charge in [0.05, 0.1) is 4.71 Å². The maximum atomic E-state index is 4.34. The fourth-order valence-corrected chi connectivity index (χ4v) is 1.89. The Labute approximate surface area is 72.1 Å². The molecule has 1 nitrogen and oxygen atoms in total. The van der Waals surface area contributed by atoms with Crippen molar-refractivity contribution in [3.05, 3.63) is 12.2 Å². The van der Waals surface area contributed by atoms with E-state index in [9.17, 15) is 0 Å². The third-order valence-corrected chi connectivity index (χ3v) is 2.88. The van der Waals surface area contributed by atoms with Gasteiger partial charge in [-0.15, -0.1) is 24.4 Å². The molecule has 0 amide bonds. The van der Waals surface area contributed by atoms with Gasteiger partial charge >= 0.3 is 0 Å². The topological polar surface area (TPSA) is 12.0 Å². The van der Waals surface area contributed by atoms with Crippen molar-refractivity contribution in [3.8, 4) is 0 Å². The predicted octanol–water partition coefficient (Wildman–Crippen LogP) is 1.87. The number of hydrogen-bond acceptors (Lipinski definition) is 3. The van der Waals surface area contributed by atoms with Gasteiger partial charge in [0, 0.05) is 5.75 Å². The van der Waals surface area contributed by atoms with E-state index in [1.807, 2.05) is 11.8 Å². The molecular formula is C7H13NS2. The van der Waals surface area contributed by atoms with E-state index in [2.05, 4.69) is 30.1 Å². The highest BCUT2D eigenvalue weighted by molar-refractivity contribution is 8.10. The molecule has 1 N–H and O–H groups in total. The van der Waals surface area contributed by atoms with Crippen molar-refractivity contribution in [3.63, 3.8) is 0 Å². The molecule has 3 heteroatoms. The van der Waals surface area contributed by atoms with Crippen LogP contribution in [0.2, 0.25) is 0 Å². The minimum Gasteiger partial charge on any atom is -0.297 e. The minimum atomic E-state index is 0.322. The first kappa shape index (κ1) is 8.50. The molecule has 0 saturated heterocycles. The van der Waals surface area contributed by atoms with Crippen LogP contribution >= 0.6 is 24.4 Å². The van der Waals surface area contributed by atoms with Gasteiger partial charge in [0.25, 0.3) is 0 Å². The van der Waals surface area contributed by atoms with Gasteiger partial charge in [-0.25, -0.2) is 0 Å². The molecule has 0 fully saturated rings. The van der Waals surface area contributed by atoms with Crippen molar-refractivity contribution in [1.82, 2.24) is 5.32 Å². The first-order chi connectivity index (χ1) is 4.89. The summed E-state index contributed by atoms with van der Waals surface area (Å²) in [6.07, 6.45) is 6.91. The Hall–Kier alpha value is 0.400. The number of thiol groups is 1. The van der Waals surface area contributed by atoms with E-state index in [1.165, 1.54) is 12.8 Å². The monoisotopic (exact) mass is 175 g/mol. The van der Waals surface area contributed by atoms with Gasteiger partial charge in [-0.2, -0.15) is 0 Å². The average molecular weight is 175 g/mol. The molecule has 0 aliphatic carbocycles. The second kappa shape index (κ2) is 5.10. The number of rotatable bonds is 0. The number of nitrogens with one attached hydrogen (secondary N) is 1. The van der Waals surface area contributed by atoms with Crippen LogP contribution in [0.3, 0.4) is 0 Å². The summed E-state index contributed by atoms with van der Waals surface area (Å²) in [5.41, 5.74) is 0. The van der Waals surface area contributed by atoms with Crippen LogP contribution in [0.4, 0.5) is 0 Å². The summed E-state index contributed by atoms with van der Waals surface area (Å²) >= 11 is 6.18. The molecule has 0 aromatic heterocycles. The van der Waals surface area contributed by atoms with Gasteiger partial charge < -0.3 is 0 Å². The van der Waals surface area contributed by atoms with Crippen LogP contribution in [0, 0.1) is 0 Å². The largest absolute Gasteiger partial charge is 0.297 e. The zero-order chi connectivity index (χ0) is 7.23. The first-order valence-corrected chi connectivity index (χ1v) is 5.14. The summed E-state index contributed by atoms with van der Waals surface area (Å²) in [4.78, 5) is 0. The van der Waals surface area contributed by atoms with Crippen LogP contribution < -0.4 is 5.32 Å². The summed E-state index contributed by atoms with van der Waals surface area (Å²) in [7, 11) is 0. The summed E-state index contributed by atoms with van der Waals surface area (Å²) in [5, 5.41) is 3.31. The predicted molar refractivity (Wildman–Crippen MR) is 51.6 cm³/mol. The zero-order valence-corrected chi connectivity index (χ0v) is 7.63. The van der Waals surface area contributed by atoms with Gasteiger partial charge in [-0.3, -0.25) is 5.32 Å². The summed E-state index contributed by atoms with van der Waals surface area (Å²) in [6, 6.07) is 0. The first-order valence-electron chi connectivity index (χ1n) is 3.57. The molecule has 1 aliphatic rings. The lowest BCUT2D eigenvalue weighted by Gasteiger charge is -2.08. The summed E-state index contributed by atoms with van der Waals surface area (Å²) in [5.74, 6) is 1.08. The Morgan fingerprint density at radius 1 is 1.50 bits per heavy atom. The van der Waals surface area contributed by atoms with Crippen LogP contribution in [-0.2, 0) is 0 Å². The fourth-order valence-electron chi connectivity index (χ4n) is 0.837. The molecule has 0 saturated carbocycles. The van der Waals surface area contributed by atoms with Crippen LogP contribution in [0.25, 0.3) is 0 Å². The van der Waals surface area contributed by atoms with E-state index in [0.29, 0.717) is 4.71 Å². The van der Waals surface area contributed by atoms with E-state index in [1.54, 1.807) is 0 Å². The van der Waals surface area contributed by atoms with Crippen LogP contribution in [0.1, 0.15) is 12.8 Å². The molecular weight excluding hydrogens is 162 g/mol. The third-order valence-electron chi connectivity index (χ3n) is 1.38. The zero-order valence-electron chi connectivity index (χ0n) is 5.92. The van der Waals surface area contributed by atoms with E-state index < -0.39 is 0 Å². The Balaban J connectivity index is 2.25. The summed E-state index contributed by atoms with van der Waals surface area (Å²) in [6.45, 7) is 1.09. The smallest absolute Gasteiger partial charge is 0.0976 e. The highest BCUT2D eigenvalue weighted by Gasteiger charge is 2.00. The molecule has 1 atom stereocenters. The lowest BCUT2D eigenvalue weighted by Crippen LogP contribution is -2.21. The Morgan fingerprint density at radius 3 is 3.30 bits per heavy atom. The molecule has 1 unspecified atom stereocenters. The molecule has 0 bridgehead atoms. The lowest BCUT2D eigenvalue weighted by molar-refractivity contribution is 0.709. The fraction of sp³-hybridized carbons (Fsp3) is 0.714. The molecule has 1 rings (SSSR count). The maximum Gasteiger partial charge on any atom is 0.0976 e. The highest BCUT2D eigenvalue weighted by Crippen LogP contribution is 2.13. The van der Waals surface area contributed by atoms with Crippen LogP contribution in [0.15, 0.2) is 12.2 Å². The highest BCUT2D eigenvalue weighted by atomic mass is 32.2. The van der Waals surface area contributed by atoms with Crippen molar-refractivity contribution in [1.29, 1.82) is 0 Å². The molecule has 10 heavy (non-hydrogen) atoms. The Bertz CT molecular complexity index is 114. The van der Waals surface area contributed by atoms with E-state index in [4.69, 9.17) is 0 Å². The molecule has 0 radical (unpaired) electrons. The number of hydrogen-bond donors (Lipinski definition) is 2. The number of allylic oxidation sites excluding steroid dienone is 1. The van der Waals surface area contributed by atoms with E-state index in [-0.39, 0.29) is 0 Å². The molecule has 0 spiro atoms. The molecule has 1 heterocycles. The second-order valence-electron chi connectivity index (χ2n) is 2.25. The van der Waals surface area contributed by atoms with Gasteiger partial charge in [-0.1, -0.05) is 12.2 Å². The molecule has 0 aromatic rings. The van der Waals surface area contributed by atoms with Crippen molar-refractivity contribution >= 4 is 24.4 Å². The molecule has 58 valence electrons. The molecule has 1 aliphatic heterocycles. The van der Waals surface area contributed by atoms with Crippen LogP contribution in [-0.4, -0.2) is 17.0 Å². The van der Waals surface area contributed by atoms with Crippen molar-refractivity contribution in [2.75, 3.05) is 12.3 Å². The number of thioether (sulfide) groups is 1. The Kier molecular flexibility index (Phi) is 4.34. The van der Waals surface area contributed by atoms with Crippen molar-refractivity contribution < 1.29 is 0 Å². The normalized spacial score (nSPS) is 31.9. The quantitative estimate of drug-likeness (QED) is 0.430. The SMILES string of the molecule is SC1NCCC/C=C\CS1. The second-order valence-corrected chi connectivity index (χ2v) is 4.26. The minimum absolute atomic E-state index is 0.322. The average Bonchev–Trinajstić information content (AvgIpc) is 2.02. The Morgan fingerprint density at radius 2 is 2.40 bits per heavy atom. The maximum absolute atomic E-state index is 4.34. The van der Waals surface area contributed by atoms with Gasteiger partial charge in [0.1, 0.15) is 0 Å². The van der Waals surface area contributed by atoms with E-state index in [0.717, 1.165) is 12.3 Å². The van der Waals surface area contributed by atoms with Gasteiger partial charge in [0.2, 0.25) is 0 Å². The van der Waals surface area contributed by atoms with Crippen molar-refractivity contribution in [2.24, 2.45) is 0 Å².